The van der Waals surface area contributed by atoms with Crippen molar-refractivity contribution in [2.24, 2.45) is 21.8 Å². The first-order valence-electron chi connectivity index (χ1n) is 9.64. The van der Waals surface area contributed by atoms with Crippen LogP contribution in [0.1, 0.15) is 51.5 Å². The van der Waals surface area contributed by atoms with Crippen LogP contribution in [0.4, 0.5) is 0 Å². The first kappa shape index (κ1) is 23.9. The van der Waals surface area contributed by atoms with Crippen molar-refractivity contribution in [2.75, 3.05) is 13.2 Å². The van der Waals surface area contributed by atoms with Gasteiger partial charge in [-0.1, -0.05) is 35.6 Å². The zero-order valence-electron chi connectivity index (χ0n) is 17.2. The van der Waals surface area contributed by atoms with Gasteiger partial charge < -0.3 is 31.4 Å². The smallest absolute Gasteiger partial charge is 0.170 e. The third-order valence-electron chi connectivity index (χ3n) is 4.22. The first-order valence-corrected chi connectivity index (χ1v) is 9.64. The molecule has 0 saturated carbocycles. The number of hydrogen-bond acceptors (Lipinski definition) is 6. The van der Waals surface area contributed by atoms with Crippen LogP contribution in [0.2, 0.25) is 0 Å². The molecule has 0 atom stereocenters. The van der Waals surface area contributed by atoms with Crippen molar-refractivity contribution in [3.05, 3.63) is 53.3 Å². The second-order valence-electron chi connectivity index (χ2n) is 6.59. The number of rotatable bonds is 13. The van der Waals surface area contributed by atoms with Gasteiger partial charge >= 0.3 is 0 Å². The van der Waals surface area contributed by atoms with E-state index >= 15 is 0 Å². The third-order valence-corrected chi connectivity index (χ3v) is 4.22. The van der Waals surface area contributed by atoms with Crippen LogP contribution in [0, 0.1) is 0 Å². The molecule has 0 aliphatic carbocycles. The van der Waals surface area contributed by atoms with E-state index in [4.69, 9.17) is 31.4 Å². The average Bonchev–Trinajstić information content (AvgIpc) is 2.75. The largest absolute Gasteiger partial charge is 0.498 e. The quantitative estimate of drug-likeness (QED) is 0.0752. The highest BCUT2D eigenvalue weighted by Gasteiger charge is 2.00. The molecule has 8 nitrogen and oxygen atoms in total. The molecule has 0 bridgehead atoms. The summed E-state index contributed by atoms with van der Waals surface area (Å²) in [5.74, 6) is 1.74. The molecule has 8 heteroatoms. The molecule has 0 amide bonds. The van der Waals surface area contributed by atoms with Gasteiger partial charge in [0, 0.05) is 5.56 Å². The van der Waals surface area contributed by atoms with Gasteiger partial charge in [-0.3, -0.25) is 0 Å². The Morgan fingerprint density at radius 3 is 2.14 bits per heavy atom. The predicted octanol–water partition coefficient (Wildman–Crippen LogP) is 3.72. The highest BCUT2D eigenvalue weighted by Crippen LogP contribution is 2.13. The summed E-state index contributed by atoms with van der Waals surface area (Å²) in [6.45, 7) is 4.97. The minimum absolute atomic E-state index is 0.0821. The molecule has 0 spiro atoms. The summed E-state index contributed by atoms with van der Waals surface area (Å²) in [7, 11) is 0. The molecule has 0 aliphatic rings. The molecule has 1 aromatic carbocycles. The summed E-state index contributed by atoms with van der Waals surface area (Å²) in [5.41, 5.74) is 12.3. The van der Waals surface area contributed by atoms with E-state index in [-0.39, 0.29) is 11.7 Å². The Bertz CT molecular complexity index is 725. The molecule has 1 aromatic rings. The molecule has 0 unspecified atom stereocenters. The third kappa shape index (κ3) is 10.1. The van der Waals surface area contributed by atoms with Crippen molar-refractivity contribution in [1.82, 2.24) is 0 Å². The molecular weight excluding hydrogens is 372 g/mol. The van der Waals surface area contributed by atoms with Crippen LogP contribution in [0.25, 0.3) is 0 Å². The lowest BCUT2D eigenvalue weighted by Gasteiger charge is -2.08. The Hall–Kier alpha value is -3.16. The van der Waals surface area contributed by atoms with Gasteiger partial charge in [0.15, 0.2) is 11.7 Å². The van der Waals surface area contributed by atoms with E-state index in [1.54, 1.807) is 25.1 Å². The summed E-state index contributed by atoms with van der Waals surface area (Å²) >= 11 is 0. The minimum Gasteiger partial charge on any atom is -0.498 e. The number of nitrogens with zero attached hydrogens (tertiary/aromatic N) is 2. The number of oxime groups is 2. The van der Waals surface area contributed by atoms with Gasteiger partial charge in [-0.2, -0.15) is 0 Å². The SMILES string of the molecule is C\C(=C/C=C(C)/C(N)=N/O)OCCCCCCCOc1ccc(/C(N)=N/O)cc1. The Balaban J connectivity index is 2.09. The Morgan fingerprint density at radius 1 is 0.897 bits per heavy atom. The second kappa shape index (κ2) is 13.9. The lowest BCUT2D eigenvalue weighted by Crippen LogP contribution is -2.12. The molecule has 0 fully saturated rings. The number of unbranched alkanes of at least 4 members (excludes halogenated alkanes) is 4. The zero-order valence-corrected chi connectivity index (χ0v) is 17.2. The van der Waals surface area contributed by atoms with Crippen LogP contribution < -0.4 is 16.2 Å². The fourth-order valence-electron chi connectivity index (χ4n) is 2.39. The van der Waals surface area contributed by atoms with Crippen molar-refractivity contribution in [2.45, 2.75) is 46.0 Å². The molecule has 29 heavy (non-hydrogen) atoms. The standard InChI is InChI=1S/C21H32N4O4/c1-16(20(22)24-26)8-9-17(2)28-14-6-4-3-5-7-15-29-19-12-10-18(11-13-19)21(23)25-27/h8-13,26-27H,3-7,14-15H2,1-2H3,(H2,22,24)(H2,23,25)/b16-8+,17-9+. The van der Waals surface area contributed by atoms with Crippen molar-refractivity contribution in [3.63, 3.8) is 0 Å². The summed E-state index contributed by atoms with van der Waals surface area (Å²) in [4.78, 5) is 0. The average molecular weight is 405 g/mol. The molecule has 1 rings (SSSR count). The van der Waals surface area contributed by atoms with E-state index in [1.165, 1.54) is 0 Å². The fourth-order valence-corrected chi connectivity index (χ4v) is 2.39. The lowest BCUT2D eigenvalue weighted by molar-refractivity contribution is 0.206. The van der Waals surface area contributed by atoms with E-state index in [9.17, 15) is 0 Å². The van der Waals surface area contributed by atoms with Gasteiger partial charge in [0.1, 0.15) is 5.75 Å². The van der Waals surface area contributed by atoms with E-state index in [1.807, 2.05) is 25.1 Å². The van der Waals surface area contributed by atoms with Crippen molar-refractivity contribution in [1.29, 1.82) is 0 Å². The highest BCUT2D eigenvalue weighted by molar-refractivity contribution is 5.97. The molecule has 160 valence electrons. The number of amidine groups is 2. The number of nitrogens with two attached hydrogens (primary N) is 2. The highest BCUT2D eigenvalue weighted by atomic mass is 16.5. The van der Waals surface area contributed by atoms with Crippen molar-refractivity contribution in [3.8, 4) is 5.75 Å². The summed E-state index contributed by atoms with van der Waals surface area (Å²) < 4.78 is 11.3. The zero-order chi connectivity index (χ0) is 21.5. The van der Waals surface area contributed by atoms with Gasteiger partial charge in [0.05, 0.1) is 19.0 Å². The molecule has 0 aliphatic heterocycles. The first-order chi connectivity index (χ1) is 14.0. The van der Waals surface area contributed by atoms with Crippen molar-refractivity contribution < 1.29 is 19.9 Å². The van der Waals surface area contributed by atoms with Gasteiger partial charge in [-0.15, -0.1) is 0 Å². The van der Waals surface area contributed by atoms with Crippen LogP contribution in [0.5, 0.6) is 5.75 Å². The molecule has 0 saturated heterocycles. The Morgan fingerprint density at radius 2 is 1.52 bits per heavy atom. The topological polar surface area (TPSA) is 136 Å². The monoisotopic (exact) mass is 404 g/mol. The molecule has 0 heterocycles. The van der Waals surface area contributed by atoms with E-state index in [0.29, 0.717) is 24.4 Å². The normalized spacial score (nSPS) is 13.4. The maximum Gasteiger partial charge on any atom is 0.170 e. The lowest BCUT2D eigenvalue weighted by atomic mass is 10.1. The number of benzene rings is 1. The summed E-state index contributed by atoms with van der Waals surface area (Å²) in [6, 6.07) is 7.13. The fraction of sp³-hybridized carbons (Fsp3) is 0.429. The van der Waals surface area contributed by atoms with Gasteiger partial charge in [-0.25, -0.2) is 0 Å². The number of ether oxygens (including phenoxy) is 2. The van der Waals surface area contributed by atoms with Gasteiger partial charge in [0.25, 0.3) is 0 Å². The molecule has 0 aromatic heterocycles. The van der Waals surface area contributed by atoms with Gasteiger partial charge in [0.2, 0.25) is 0 Å². The molecule has 6 N–H and O–H groups in total. The van der Waals surface area contributed by atoms with E-state index < -0.39 is 0 Å². The van der Waals surface area contributed by atoms with Crippen LogP contribution >= 0.6 is 0 Å². The van der Waals surface area contributed by atoms with Crippen LogP contribution in [0.3, 0.4) is 0 Å². The predicted molar refractivity (Wildman–Crippen MR) is 114 cm³/mol. The van der Waals surface area contributed by atoms with Crippen LogP contribution in [-0.2, 0) is 4.74 Å². The molecule has 0 radical (unpaired) electrons. The van der Waals surface area contributed by atoms with Crippen LogP contribution in [-0.4, -0.2) is 35.3 Å². The van der Waals surface area contributed by atoms with E-state index in [2.05, 4.69) is 10.3 Å². The Labute approximate surface area is 172 Å². The summed E-state index contributed by atoms with van der Waals surface area (Å²) in [5, 5.41) is 23.1. The molecular formula is C21H32N4O4. The summed E-state index contributed by atoms with van der Waals surface area (Å²) in [6.07, 6.45) is 8.86. The van der Waals surface area contributed by atoms with E-state index in [0.717, 1.165) is 43.6 Å². The maximum atomic E-state index is 8.64. The number of hydrogen-bond donors (Lipinski definition) is 4. The Kier molecular flexibility index (Phi) is 11.5. The van der Waals surface area contributed by atoms with Crippen molar-refractivity contribution >= 4 is 11.7 Å². The maximum absolute atomic E-state index is 8.64. The number of allylic oxidation sites excluding steroid dienone is 3. The van der Waals surface area contributed by atoms with Crippen LogP contribution in [0.15, 0.2) is 58.1 Å². The minimum atomic E-state index is 0.0821. The second-order valence-corrected chi connectivity index (χ2v) is 6.59. The van der Waals surface area contributed by atoms with Gasteiger partial charge in [-0.05, 0) is 62.6 Å².